The zero-order valence-electron chi connectivity index (χ0n) is 37.6. The Kier molecular flexibility index (Phi) is 23.6. The second-order valence-electron chi connectivity index (χ2n) is 17.6. The first-order valence-electron chi connectivity index (χ1n) is 22.3. The molecule has 368 valence electrons. The van der Waals surface area contributed by atoms with E-state index < -0.39 is 147 Å². The lowest BCUT2D eigenvalue weighted by molar-refractivity contribution is -0.308. The van der Waals surface area contributed by atoms with Gasteiger partial charge in [-0.25, -0.2) is 0 Å². The number of rotatable bonds is 3. The van der Waals surface area contributed by atoms with Crippen LogP contribution in [0.15, 0.2) is 85.1 Å². The molecule has 19 atom stereocenters. The summed E-state index contributed by atoms with van der Waals surface area (Å²) < 4.78 is 23.1. The number of hydrogen-bond acceptors (Lipinski definition) is 17. The van der Waals surface area contributed by atoms with Gasteiger partial charge in [-0.15, -0.1) is 0 Å². The van der Waals surface area contributed by atoms with Gasteiger partial charge in [0.25, 0.3) is 0 Å². The van der Waals surface area contributed by atoms with Crippen molar-refractivity contribution in [1.82, 2.24) is 0 Å². The summed E-state index contributed by atoms with van der Waals surface area (Å²) in [5.41, 5.74) is 6.02. The first-order chi connectivity index (χ1) is 30.6. The normalized spacial score (nSPS) is 45.5. The Labute approximate surface area is 381 Å². The smallest absolute Gasteiger partial charge is 0.311 e. The molecule has 0 unspecified atom stereocenters. The van der Waals surface area contributed by atoms with Crippen LogP contribution < -0.4 is 5.73 Å². The molecule has 2 saturated heterocycles. The van der Waals surface area contributed by atoms with Gasteiger partial charge in [-0.05, 0) is 33.1 Å². The third-order valence-corrected chi connectivity index (χ3v) is 12.0. The maximum Gasteiger partial charge on any atom is 0.311 e. The summed E-state index contributed by atoms with van der Waals surface area (Å²) in [6, 6.07) is -1.15. The van der Waals surface area contributed by atoms with Gasteiger partial charge >= 0.3 is 11.9 Å². The second kappa shape index (κ2) is 27.4. The van der Waals surface area contributed by atoms with E-state index in [1.807, 2.05) is 19.1 Å². The minimum absolute atomic E-state index is 0.107. The fourth-order valence-corrected chi connectivity index (χ4v) is 7.97. The molecule has 13 N–H and O–H groups in total. The van der Waals surface area contributed by atoms with Crippen molar-refractivity contribution in [1.29, 1.82) is 0 Å². The van der Waals surface area contributed by atoms with Crippen LogP contribution in [-0.4, -0.2) is 166 Å². The van der Waals surface area contributed by atoms with Crippen LogP contribution in [-0.2, 0) is 28.5 Å². The van der Waals surface area contributed by atoms with E-state index in [0.717, 1.165) is 0 Å². The van der Waals surface area contributed by atoms with E-state index in [-0.39, 0.29) is 31.6 Å². The molecule has 0 aromatic carbocycles. The summed E-state index contributed by atoms with van der Waals surface area (Å²) in [6.45, 7) is 6.74. The van der Waals surface area contributed by atoms with E-state index >= 15 is 0 Å². The molecule has 2 bridgehead atoms. The molecular formula is C47H73NO17. The highest BCUT2D eigenvalue weighted by Crippen LogP contribution is 2.38. The molecule has 3 aliphatic rings. The highest BCUT2D eigenvalue weighted by molar-refractivity contribution is 5.71. The van der Waals surface area contributed by atoms with Crippen LogP contribution in [0.5, 0.6) is 0 Å². The summed E-state index contributed by atoms with van der Waals surface area (Å²) >= 11 is 0. The number of carboxylic acids is 1. The van der Waals surface area contributed by atoms with Gasteiger partial charge in [-0.1, -0.05) is 98.9 Å². The Bertz CT molecular complexity index is 1670. The zero-order valence-corrected chi connectivity index (χ0v) is 37.6. The molecule has 3 aliphatic heterocycles. The van der Waals surface area contributed by atoms with Gasteiger partial charge in [0.2, 0.25) is 0 Å². The fourth-order valence-electron chi connectivity index (χ4n) is 7.97. The number of aliphatic hydroxyl groups excluding tert-OH is 9. The molecule has 3 rings (SSSR count). The third-order valence-electron chi connectivity index (χ3n) is 12.0. The van der Waals surface area contributed by atoms with Crippen LogP contribution in [0, 0.1) is 17.8 Å². The number of carbonyl (C=O) groups is 2. The largest absolute Gasteiger partial charge is 0.481 e. The van der Waals surface area contributed by atoms with Crippen LogP contribution >= 0.6 is 0 Å². The van der Waals surface area contributed by atoms with Crippen LogP contribution in [0.2, 0.25) is 0 Å². The van der Waals surface area contributed by atoms with E-state index in [1.54, 1.807) is 80.7 Å². The lowest BCUT2D eigenvalue weighted by Crippen LogP contribution is -2.61. The molecule has 0 amide bonds. The van der Waals surface area contributed by atoms with Gasteiger partial charge < -0.3 is 80.9 Å². The van der Waals surface area contributed by atoms with Gasteiger partial charge in [0.05, 0.1) is 79.6 Å². The number of allylic oxidation sites excluding steroid dienone is 12. The average Bonchev–Trinajstić information content (AvgIpc) is 3.21. The molecule has 18 heteroatoms. The number of nitrogens with two attached hydrogens (primary N) is 1. The SMILES string of the molecule is C[C@@H]1OC(=O)C[C@H](O)C[C@H](O)CC[C@@H](O)[C@H](O)C[C@H](O)C[C@]2(O)C[C@H](O)[C@@H]([13C](=O)O)[C@H](C[C@@H](O[C@@H]3O[C@@H](C)[C@@H](O)[C@H](N)[C@@H]3O)/C=C/C=C/C=C/C=C/C=C/C=C/C=C/[C@H]([13CH3])[C@@H](O)[C@H]1[13CH3])O2. The van der Waals surface area contributed by atoms with Crippen molar-refractivity contribution in [2.75, 3.05) is 0 Å². The molecule has 3 heterocycles. The molecule has 0 aliphatic carbocycles. The molecule has 0 aromatic heterocycles. The number of esters is 1. The topological polar surface area (TPSA) is 320 Å². The predicted octanol–water partition coefficient (Wildman–Crippen LogP) is 0.712. The molecule has 0 aromatic rings. The standard InChI is InChI=1S/C47H73NO17/c1-27-17-15-13-11-9-7-5-6-8-10-12-14-16-18-34(64-46-44(58)41(48)43(57)30(4)63-46)24-38-40(45(59)60)37(54)26-47(61,65-38)25-33(51)22-36(53)35(52)20-19-31(49)21-32(50)23-39(55)62-29(3)28(2)42(27)56/h5-18,27-38,40-44,46,49-54,56-58,61H,19-26,48H2,1-4H3,(H,59,60)/b6-5+,9-7+,10-8+,13-11+,14-12+,17-15+,18-16+/t27-,28-,29-,30-,31+,32+,33-,34-,35+,36+,37-,38-,40+,41-,42+,43+,44-,46-,47+/m0/s1/i1+1,2+1,45+1. The lowest BCUT2D eigenvalue weighted by atomic mass is 9.86. The Hall–Kier alpha value is -3.44. The van der Waals surface area contributed by atoms with E-state index in [2.05, 4.69) is 0 Å². The van der Waals surface area contributed by atoms with Crippen molar-refractivity contribution in [2.45, 2.75) is 177 Å². The number of carboxylic acid groups (broad SMARTS) is 1. The summed E-state index contributed by atoms with van der Waals surface area (Å²) in [5.74, 6) is -6.83. The van der Waals surface area contributed by atoms with Crippen LogP contribution in [0.3, 0.4) is 0 Å². The van der Waals surface area contributed by atoms with Gasteiger partial charge in [-0.2, -0.15) is 0 Å². The van der Waals surface area contributed by atoms with Gasteiger partial charge in [-0.3, -0.25) is 9.59 Å². The summed E-state index contributed by atoms with van der Waals surface area (Å²) in [6.07, 6.45) is 3.46. The van der Waals surface area contributed by atoms with E-state index in [9.17, 15) is 65.8 Å². The number of cyclic esters (lactones) is 1. The predicted molar refractivity (Wildman–Crippen MR) is 237 cm³/mol. The van der Waals surface area contributed by atoms with Crippen molar-refractivity contribution >= 4 is 11.9 Å². The maximum absolute atomic E-state index is 12.6. The highest BCUT2D eigenvalue weighted by Gasteiger charge is 2.51. The third kappa shape index (κ3) is 18.6. The molecule has 0 radical (unpaired) electrons. The fraction of sp³-hybridized carbons (Fsp3) is 0.660. The van der Waals surface area contributed by atoms with Gasteiger partial charge in [0.1, 0.15) is 18.1 Å². The summed E-state index contributed by atoms with van der Waals surface area (Å²) in [7, 11) is 0. The van der Waals surface area contributed by atoms with Crippen molar-refractivity contribution < 1.29 is 84.7 Å². The summed E-state index contributed by atoms with van der Waals surface area (Å²) in [4.78, 5) is 25.1. The zero-order chi connectivity index (χ0) is 48.4. The number of ether oxygens (including phenoxy) is 4. The minimum atomic E-state index is -2.33. The van der Waals surface area contributed by atoms with Crippen molar-refractivity contribution in [2.24, 2.45) is 23.5 Å². The summed E-state index contributed by atoms with van der Waals surface area (Å²) in [5, 5.41) is 118. The van der Waals surface area contributed by atoms with Crippen LogP contribution in [0.25, 0.3) is 0 Å². The number of fused-ring (bicyclic) bond motifs is 2. The molecule has 0 saturated carbocycles. The van der Waals surface area contributed by atoms with Crippen LogP contribution in [0.4, 0.5) is 0 Å². The van der Waals surface area contributed by atoms with E-state index in [0.29, 0.717) is 0 Å². The maximum atomic E-state index is 12.6. The first-order valence-corrected chi connectivity index (χ1v) is 22.3. The van der Waals surface area contributed by atoms with Crippen LogP contribution in [0.1, 0.15) is 79.1 Å². The Morgan fingerprint density at radius 3 is 1.82 bits per heavy atom. The monoisotopic (exact) mass is 926 g/mol. The van der Waals surface area contributed by atoms with Gasteiger partial charge in [0.15, 0.2) is 12.1 Å². The van der Waals surface area contributed by atoms with Gasteiger partial charge in [0, 0.05) is 37.5 Å². The van der Waals surface area contributed by atoms with E-state index in [1.165, 1.54) is 13.0 Å². The molecular weight excluding hydrogens is 853 g/mol. The van der Waals surface area contributed by atoms with Crippen molar-refractivity contribution in [3.05, 3.63) is 85.1 Å². The minimum Gasteiger partial charge on any atom is -0.481 e. The Morgan fingerprint density at radius 2 is 1.23 bits per heavy atom. The number of hydrogen-bond donors (Lipinski definition) is 12. The quantitative estimate of drug-likeness (QED) is 0.137. The first kappa shape index (κ1) is 55.9. The number of carbonyl (C=O) groups excluding carboxylic acids is 1. The van der Waals surface area contributed by atoms with E-state index in [4.69, 9.17) is 24.7 Å². The highest BCUT2D eigenvalue weighted by atomic mass is 16.7. The Balaban J connectivity index is 1.86. The number of aliphatic hydroxyl groups is 10. The molecule has 2 fully saturated rings. The molecule has 65 heavy (non-hydrogen) atoms. The molecule has 18 nitrogen and oxygen atoms in total. The Morgan fingerprint density at radius 1 is 0.662 bits per heavy atom. The molecule has 0 spiro atoms. The number of aliphatic carboxylic acids is 1. The lowest BCUT2D eigenvalue weighted by Gasteiger charge is -2.45. The van der Waals surface area contributed by atoms with Crippen molar-refractivity contribution in [3.63, 3.8) is 0 Å². The average molecular weight is 927 g/mol. The van der Waals surface area contributed by atoms with Crippen molar-refractivity contribution in [3.8, 4) is 0 Å². The second-order valence-corrected chi connectivity index (χ2v) is 17.6.